The van der Waals surface area contributed by atoms with Crippen molar-refractivity contribution in [3.63, 3.8) is 0 Å². The molecule has 0 amide bonds. The highest BCUT2D eigenvalue weighted by molar-refractivity contribution is 5.95. The monoisotopic (exact) mass is 462 g/mol. The summed E-state index contributed by atoms with van der Waals surface area (Å²) in [6, 6.07) is 13.3. The zero-order chi connectivity index (χ0) is 25.2. The number of nitrogens with two attached hydrogens (primary N) is 4. The van der Waals surface area contributed by atoms with Gasteiger partial charge in [0.15, 0.2) is 11.0 Å². The number of hydrogen-bond acceptors (Lipinski definition) is 8. The number of amidine groups is 2. The largest absolute Gasteiger partial charge is 0.493 e. The van der Waals surface area contributed by atoms with Crippen molar-refractivity contribution >= 4 is 23.4 Å². The van der Waals surface area contributed by atoms with Gasteiger partial charge >= 0.3 is 0 Å². The van der Waals surface area contributed by atoms with Crippen molar-refractivity contribution in [2.45, 2.75) is 13.1 Å². The van der Waals surface area contributed by atoms with Gasteiger partial charge in [0.1, 0.15) is 22.4 Å². The van der Waals surface area contributed by atoms with Crippen LogP contribution in [0, 0.1) is 21.6 Å². The summed E-state index contributed by atoms with van der Waals surface area (Å²) in [6.07, 6.45) is 0. The lowest BCUT2D eigenvalue weighted by Crippen LogP contribution is -2.60. The molecule has 1 heterocycles. The van der Waals surface area contributed by atoms with Crippen molar-refractivity contribution in [3.05, 3.63) is 92.5 Å². The van der Waals surface area contributed by atoms with Crippen LogP contribution in [-0.2, 0) is 13.1 Å². The van der Waals surface area contributed by atoms with E-state index in [2.05, 4.69) is 0 Å². The summed E-state index contributed by atoms with van der Waals surface area (Å²) in [5.41, 5.74) is 24.2. The van der Waals surface area contributed by atoms with E-state index in [4.69, 9.17) is 44.6 Å². The van der Waals surface area contributed by atoms with Crippen molar-refractivity contribution in [1.29, 1.82) is 21.6 Å². The standard InChI is InChI=1S/C22H26N10O2/c23-17(24)13-5-1-11(2-6-13)9-31-15(21(29)33)20(28)32(16(19(31)27)22(30)34)10-12-3-7-14(8-4-12)18(25)26/h1-8,27-28,33-34H,9-10,29-30H2,(H3,23,24)(H3,25,26). The molecule has 176 valence electrons. The van der Waals surface area contributed by atoms with Gasteiger partial charge in [0, 0.05) is 24.2 Å². The Morgan fingerprint density at radius 1 is 0.618 bits per heavy atom. The van der Waals surface area contributed by atoms with Crippen LogP contribution in [0.15, 0.2) is 48.5 Å². The third-order valence-electron chi connectivity index (χ3n) is 5.22. The summed E-state index contributed by atoms with van der Waals surface area (Å²) in [6.45, 7) is 0.0435. The topological polar surface area (TPSA) is 250 Å². The zero-order valence-corrected chi connectivity index (χ0v) is 18.1. The number of nitrogen functional groups attached to an aromatic ring is 2. The Morgan fingerprint density at radius 2 is 0.912 bits per heavy atom. The highest BCUT2D eigenvalue weighted by Gasteiger charge is 2.13. The van der Waals surface area contributed by atoms with Crippen LogP contribution in [0.1, 0.15) is 22.3 Å². The van der Waals surface area contributed by atoms with Crippen molar-refractivity contribution < 1.29 is 10.2 Å². The summed E-state index contributed by atoms with van der Waals surface area (Å²) in [7, 11) is 0. The first-order valence-electron chi connectivity index (χ1n) is 9.98. The number of aromatic nitrogens is 2. The predicted octanol–water partition coefficient (Wildman–Crippen LogP) is -1.92. The van der Waals surface area contributed by atoms with E-state index in [-0.39, 0.29) is 46.4 Å². The van der Waals surface area contributed by atoms with Crippen molar-refractivity contribution in [2.24, 2.45) is 22.9 Å². The van der Waals surface area contributed by atoms with E-state index in [1.807, 2.05) is 0 Å². The fraction of sp³-hybridized carbons (Fsp3) is 0.0909. The second-order valence-electron chi connectivity index (χ2n) is 7.56. The number of hydrogen-bond donors (Lipinski definition) is 10. The minimum absolute atomic E-state index is 0.0217. The molecule has 0 atom stereocenters. The molecule has 0 radical (unpaired) electrons. The molecule has 3 rings (SSSR count). The lowest BCUT2D eigenvalue weighted by atomic mass is 10.1. The van der Waals surface area contributed by atoms with Crippen LogP contribution in [0.2, 0.25) is 0 Å². The van der Waals surface area contributed by atoms with E-state index in [9.17, 15) is 10.2 Å². The summed E-state index contributed by atoms with van der Waals surface area (Å²) < 4.78 is 2.52. The van der Waals surface area contributed by atoms with Crippen LogP contribution >= 0.6 is 0 Å². The van der Waals surface area contributed by atoms with Gasteiger partial charge in [-0.25, -0.2) is 0 Å². The van der Waals surface area contributed by atoms with Crippen molar-refractivity contribution in [3.8, 4) is 0 Å². The SMILES string of the molecule is N=C(N)c1ccc(Cn2c(=N)c(=C(N)O)n(Cc3ccc(C(=N)N)cc3)c(=N)c2=C(N)O)cc1. The smallest absolute Gasteiger partial charge is 0.210 e. The molecule has 0 aliphatic heterocycles. The predicted molar refractivity (Wildman–Crippen MR) is 127 cm³/mol. The number of nitrogens with one attached hydrogen (secondary N) is 4. The molecule has 0 unspecified atom stereocenters. The molecule has 1 aromatic heterocycles. The molecule has 0 saturated heterocycles. The second-order valence-corrected chi connectivity index (χ2v) is 7.56. The van der Waals surface area contributed by atoms with Gasteiger partial charge in [-0.05, 0) is 11.1 Å². The Kier molecular flexibility index (Phi) is 6.43. The first kappa shape index (κ1) is 23.7. The molecule has 0 fully saturated rings. The Labute approximate surface area is 193 Å². The minimum Gasteiger partial charge on any atom is -0.493 e. The van der Waals surface area contributed by atoms with Crippen molar-refractivity contribution in [2.75, 3.05) is 0 Å². The maximum absolute atomic E-state index is 10.2. The van der Waals surface area contributed by atoms with E-state index in [1.165, 1.54) is 9.13 Å². The number of aliphatic hydroxyl groups is 2. The van der Waals surface area contributed by atoms with Crippen LogP contribution in [0.4, 0.5) is 0 Å². The van der Waals surface area contributed by atoms with E-state index in [0.717, 1.165) is 0 Å². The van der Waals surface area contributed by atoms with E-state index in [0.29, 0.717) is 22.3 Å². The van der Waals surface area contributed by atoms with Gasteiger partial charge in [-0.2, -0.15) is 0 Å². The minimum atomic E-state index is -0.678. The Hall–Kier alpha value is -5.00. The number of benzene rings is 2. The van der Waals surface area contributed by atoms with Gasteiger partial charge in [-0.15, -0.1) is 0 Å². The quantitative estimate of drug-likeness (QED) is 0.147. The summed E-state index contributed by atoms with van der Waals surface area (Å²) in [5, 5.41) is 52.5. The molecular weight excluding hydrogens is 436 g/mol. The summed E-state index contributed by atoms with van der Waals surface area (Å²) in [5.74, 6) is -1.54. The van der Waals surface area contributed by atoms with E-state index >= 15 is 0 Å². The Bertz CT molecular complexity index is 1390. The van der Waals surface area contributed by atoms with Gasteiger partial charge in [0.2, 0.25) is 11.8 Å². The normalized spacial score (nSPS) is 12.7. The van der Waals surface area contributed by atoms with Crippen LogP contribution < -0.4 is 44.6 Å². The van der Waals surface area contributed by atoms with Crippen LogP contribution in [-0.4, -0.2) is 31.0 Å². The van der Waals surface area contributed by atoms with Crippen molar-refractivity contribution in [1.82, 2.24) is 9.13 Å². The fourth-order valence-corrected chi connectivity index (χ4v) is 3.51. The average molecular weight is 463 g/mol. The third kappa shape index (κ3) is 4.60. The number of nitrogens with zero attached hydrogens (tertiary/aromatic N) is 2. The molecular formula is C22H26N10O2. The van der Waals surface area contributed by atoms with E-state index < -0.39 is 11.8 Å². The third-order valence-corrected chi connectivity index (χ3v) is 5.22. The molecule has 0 saturated carbocycles. The molecule has 34 heavy (non-hydrogen) atoms. The zero-order valence-electron chi connectivity index (χ0n) is 18.1. The van der Waals surface area contributed by atoms with Gasteiger partial charge < -0.3 is 42.3 Å². The van der Waals surface area contributed by atoms with Crippen LogP contribution in [0.3, 0.4) is 0 Å². The summed E-state index contributed by atoms with van der Waals surface area (Å²) >= 11 is 0. The molecule has 0 aliphatic carbocycles. The highest BCUT2D eigenvalue weighted by atomic mass is 16.3. The molecule has 12 nitrogen and oxygen atoms in total. The van der Waals surface area contributed by atoms with Gasteiger partial charge in [0.05, 0.1) is 0 Å². The van der Waals surface area contributed by atoms with Gasteiger partial charge in [-0.1, -0.05) is 48.5 Å². The first-order valence-corrected chi connectivity index (χ1v) is 9.98. The van der Waals surface area contributed by atoms with Crippen LogP contribution in [0.25, 0.3) is 11.8 Å². The summed E-state index contributed by atoms with van der Waals surface area (Å²) in [4.78, 5) is 0. The molecule has 14 N–H and O–H groups in total. The number of aliphatic hydroxyl groups excluding tert-OH is 2. The first-order chi connectivity index (χ1) is 16.0. The second kappa shape index (κ2) is 9.24. The van der Waals surface area contributed by atoms with Crippen LogP contribution in [0.5, 0.6) is 0 Å². The molecule has 0 bridgehead atoms. The highest BCUT2D eigenvalue weighted by Crippen LogP contribution is 2.05. The fourth-order valence-electron chi connectivity index (χ4n) is 3.51. The molecule has 3 aromatic rings. The van der Waals surface area contributed by atoms with E-state index in [1.54, 1.807) is 48.5 Å². The number of rotatable bonds is 6. The maximum atomic E-state index is 10.2. The average Bonchev–Trinajstić information content (AvgIpc) is 2.77. The Balaban J connectivity index is 2.22. The molecule has 12 heteroatoms. The molecule has 0 aliphatic rings. The van der Waals surface area contributed by atoms with Gasteiger partial charge in [-0.3, -0.25) is 21.6 Å². The molecule has 0 spiro atoms. The lowest BCUT2D eigenvalue weighted by molar-refractivity contribution is 0.460. The Morgan fingerprint density at radius 3 is 1.15 bits per heavy atom. The maximum Gasteiger partial charge on any atom is 0.210 e. The van der Waals surface area contributed by atoms with Gasteiger partial charge in [0.25, 0.3) is 0 Å². The lowest BCUT2D eigenvalue weighted by Gasteiger charge is -2.16. The molecule has 2 aromatic carbocycles.